The number of piperidine rings is 1. The number of aryl methyl sites for hydroxylation is 1. The van der Waals surface area contributed by atoms with Gasteiger partial charge in [-0.05, 0) is 43.0 Å². The van der Waals surface area contributed by atoms with Gasteiger partial charge in [-0.3, -0.25) is 9.88 Å². The number of rotatable bonds is 6. The molecule has 1 aliphatic rings. The Bertz CT molecular complexity index is 681. The molecular formula is C19H24N4O. The summed E-state index contributed by atoms with van der Waals surface area (Å²) in [5.41, 5.74) is 3.11. The van der Waals surface area contributed by atoms with E-state index in [4.69, 9.17) is 10.00 Å². The lowest BCUT2D eigenvalue weighted by molar-refractivity contribution is -0.00403. The number of nitriles is 1. The Morgan fingerprint density at radius 2 is 2.17 bits per heavy atom. The van der Waals surface area contributed by atoms with Gasteiger partial charge in [0, 0.05) is 44.8 Å². The molecule has 5 nitrogen and oxygen atoms in total. The Morgan fingerprint density at radius 3 is 2.79 bits per heavy atom. The Kier molecular flexibility index (Phi) is 5.63. The summed E-state index contributed by atoms with van der Waals surface area (Å²) in [5.74, 6) is 0. The van der Waals surface area contributed by atoms with Crippen LogP contribution in [0.1, 0.15) is 36.6 Å². The van der Waals surface area contributed by atoms with Gasteiger partial charge in [-0.25, -0.2) is 0 Å². The molecular weight excluding hydrogens is 300 g/mol. The minimum absolute atomic E-state index is 0.330. The smallest absolute Gasteiger partial charge is 0.120 e. The van der Waals surface area contributed by atoms with Crippen molar-refractivity contribution >= 4 is 0 Å². The third-order valence-electron chi connectivity index (χ3n) is 4.56. The number of hydrogen-bond donors (Lipinski definition) is 0. The number of likely N-dealkylation sites (tertiary alicyclic amines) is 1. The largest absolute Gasteiger partial charge is 0.373 e. The van der Waals surface area contributed by atoms with E-state index < -0.39 is 0 Å². The molecule has 0 spiro atoms. The minimum Gasteiger partial charge on any atom is -0.373 e. The molecule has 1 saturated heterocycles. The number of pyridine rings is 1. The van der Waals surface area contributed by atoms with Gasteiger partial charge in [-0.1, -0.05) is 6.07 Å². The molecule has 0 aromatic carbocycles. The van der Waals surface area contributed by atoms with E-state index in [0.29, 0.717) is 12.7 Å². The number of hydrogen-bond acceptors (Lipinski definition) is 4. The molecule has 126 valence electrons. The number of ether oxygens (including phenoxy) is 1. The summed E-state index contributed by atoms with van der Waals surface area (Å²) in [7, 11) is 0. The first kappa shape index (κ1) is 16.7. The molecule has 0 bridgehead atoms. The van der Waals surface area contributed by atoms with Gasteiger partial charge in [0.1, 0.15) is 11.8 Å². The zero-order valence-corrected chi connectivity index (χ0v) is 14.2. The summed E-state index contributed by atoms with van der Waals surface area (Å²) < 4.78 is 8.02. The molecule has 2 aromatic rings. The molecule has 1 fully saturated rings. The highest BCUT2D eigenvalue weighted by molar-refractivity contribution is 5.28. The summed E-state index contributed by atoms with van der Waals surface area (Å²) in [5, 5.41) is 9.15. The summed E-state index contributed by atoms with van der Waals surface area (Å²) >= 11 is 0. The van der Waals surface area contributed by atoms with Crippen molar-refractivity contribution in [2.45, 2.75) is 45.6 Å². The van der Waals surface area contributed by atoms with Crippen molar-refractivity contribution in [3.8, 4) is 6.07 Å². The highest BCUT2D eigenvalue weighted by atomic mass is 16.5. The van der Waals surface area contributed by atoms with Crippen molar-refractivity contribution in [1.82, 2.24) is 14.5 Å². The van der Waals surface area contributed by atoms with E-state index >= 15 is 0 Å². The van der Waals surface area contributed by atoms with Crippen molar-refractivity contribution in [3.05, 3.63) is 53.6 Å². The first-order valence-corrected chi connectivity index (χ1v) is 8.60. The van der Waals surface area contributed by atoms with E-state index in [2.05, 4.69) is 29.1 Å². The van der Waals surface area contributed by atoms with E-state index in [1.54, 1.807) is 6.20 Å². The lowest BCUT2D eigenvalue weighted by Gasteiger charge is -2.31. The Labute approximate surface area is 143 Å². The third-order valence-corrected chi connectivity index (χ3v) is 4.56. The van der Waals surface area contributed by atoms with Gasteiger partial charge in [-0.15, -0.1) is 0 Å². The van der Waals surface area contributed by atoms with Crippen LogP contribution in [-0.2, 0) is 24.4 Å². The molecule has 0 aliphatic carbocycles. The first-order chi connectivity index (χ1) is 11.8. The van der Waals surface area contributed by atoms with Crippen LogP contribution in [0, 0.1) is 11.3 Å². The quantitative estimate of drug-likeness (QED) is 0.820. The molecule has 0 atom stereocenters. The molecule has 2 aromatic heterocycles. The van der Waals surface area contributed by atoms with Gasteiger partial charge >= 0.3 is 0 Å². The van der Waals surface area contributed by atoms with Crippen LogP contribution in [0.5, 0.6) is 0 Å². The molecule has 3 rings (SSSR count). The highest BCUT2D eigenvalue weighted by Crippen LogP contribution is 2.18. The number of aromatic nitrogens is 2. The van der Waals surface area contributed by atoms with Crippen molar-refractivity contribution in [2.75, 3.05) is 13.1 Å². The Morgan fingerprint density at radius 1 is 1.33 bits per heavy atom. The van der Waals surface area contributed by atoms with Gasteiger partial charge in [0.15, 0.2) is 0 Å². The van der Waals surface area contributed by atoms with Gasteiger partial charge in [-0.2, -0.15) is 5.26 Å². The molecule has 0 radical (unpaired) electrons. The van der Waals surface area contributed by atoms with Gasteiger partial charge in [0.05, 0.1) is 12.7 Å². The SMILES string of the molecule is CCn1cc(CN2CCC(OCc3cccnc3)CC2)cc1C#N. The van der Waals surface area contributed by atoms with Crippen LogP contribution in [0.4, 0.5) is 0 Å². The molecule has 24 heavy (non-hydrogen) atoms. The predicted molar refractivity (Wildman–Crippen MR) is 92.1 cm³/mol. The maximum absolute atomic E-state index is 9.15. The van der Waals surface area contributed by atoms with E-state index in [0.717, 1.165) is 50.3 Å². The maximum Gasteiger partial charge on any atom is 0.120 e. The third kappa shape index (κ3) is 4.22. The lowest BCUT2D eigenvalue weighted by atomic mass is 10.1. The summed E-state index contributed by atoms with van der Waals surface area (Å²) in [6, 6.07) is 8.26. The second-order valence-electron chi connectivity index (χ2n) is 6.28. The van der Waals surface area contributed by atoms with E-state index in [1.165, 1.54) is 5.56 Å². The molecule has 0 amide bonds. The first-order valence-electron chi connectivity index (χ1n) is 8.60. The summed E-state index contributed by atoms with van der Waals surface area (Å²) in [6.45, 7) is 6.54. The fraction of sp³-hybridized carbons (Fsp3) is 0.474. The zero-order chi connectivity index (χ0) is 16.8. The van der Waals surface area contributed by atoms with Crippen LogP contribution in [0.15, 0.2) is 36.8 Å². The Hall–Kier alpha value is -2.16. The van der Waals surface area contributed by atoms with Crippen LogP contribution in [0.25, 0.3) is 0 Å². The molecule has 3 heterocycles. The molecule has 0 saturated carbocycles. The summed E-state index contributed by atoms with van der Waals surface area (Å²) in [4.78, 5) is 6.56. The van der Waals surface area contributed by atoms with Crippen LogP contribution in [0.3, 0.4) is 0 Å². The van der Waals surface area contributed by atoms with E-state index in [-0.39, 0.29) is 0 Å². The van der Waals surface area contributed by atoms with Crippen molar-refractivity contribution in [3.63, 3.8) is 0 Å². The van der Waals surface area contributed by atoms with Crippen LogP contribution in [0.2, 0.25) is 0 Å². The zero-order valence-electron chi connectivity index (χ0n) is 14.2. The monoisotopic (exact) mass is 324 g/mol. The standard InChI is InChI=1S/C19H24N4O/c1-2-23-14-17(10-18(23)11-20)13-22-8-5-19(6-9-22)24-15-16-4-3-7-21-12-16/h3-4,7,10,12,14,19H,2,5-6,8-9,13,15H2,1H3. The fourth-order valence-corrected chi connectivity index (χ4v) is 3.20. The average Bonchev–Trinajstić information content (AvgIpc) is 3.04. The minimum atomic E-state index is 0.330. The molecule has 0 unspecified atom stereocenters. The maximum atomic E-state index is 9.15. The lowest BCUT2D eigenvalue weighted by Crippen LogP contribution is -2.36. The molecule has 1 aliphatic heterocycles. The van der Waals surface area contributed by atoms with Gasteiger partial charge < -0.3 is 9.30 Å². The van der Waals surface area contributed by atoms with E-state index in [9.17, 15) is 0 Å². The molecule has 0 N–H and O–H groups in total. The second-order valence-corrected chi connectivity index (χ2v) is 6.28. The average molecular weight is 324 g/mol. The van der Waals surface area contributed by atoms with Gasteiger partial charge in [0.2, 0.25) is 0 Å². The van der Waals surface area contributed by atoms with Crippen LogP contribution < -0.4 is 0 Å². The summed E-state index contributed by atoms with van der Waals surface area (Å²) in [6.07, 6.45) is 8.19. The predicted octanol–water partition coefficient (Wildman–Crippen LogP) is 2.96. The van der Waals surface area contributed by atoms with Gasteiger partial charge in [0.25, 0.3) is 0 Å². The Balaban J connectivity index is 1.45. The van der Waals surface area contributed by atoms with Crippen LogP contribution in [-0.4, -0.2) is 33.6 Å². The topological polar surface area (TPSA) is 54.1 Å². The second kappa shape index (κ2) is 8.09. The van der Waals surface area contributed by atoms with Crippen molar-refractivity contribution in [1.29, 1.82) is 5.26 Å². The molecule has 5 heteroatoms. The van der Waals surface area contributed by atoms with Crippen molar-refractivity contribution in [2.24, 2.45) is 0 Å². The number of nitrogens with zero attached hydrogens (tertiary/aromatic N) is 4. The van der Waals surface area contributed by atoms with Crippen LogP contribution >= 0.6 is 0 Å². The fourth-order valence-electron chi connectivity index (χ4n) is 3.20. The van der Waals surface area contributed by atoms with Crippen molar-refractivity contribution < 1.29 is 4.74 Å². The van der Waals surface area contributed by atoms with E-state index in [1.807, 2.05) is 29.0 Å². The normalized spacial score (nSPS) is 16.2. The highest BCUT2D eigenvalue weighted by Gasteiger charge is 2.20.